The SMILES string of the molecule is COC[C@@H](C)N1CCc2cc(Nc3cc4cc(-c5cccc(N)c5C)nc(N)c4cn3)nn2CC1=O.COC[C@H](C)N1CCc2cc(Nc3cc4cc(-c5cccc(N)c5C)nc(N)c4cn3)nn2CC1=O.COC[C@H](C)N1CCc2cc(Nc3cc4cc(-c5cnc6c(c5C)NCCC6)nc(N)c4cn3)nn2CC1=O.Cc1c(C2=CN=CC2)cncc1-c1cc2cc(Nc3cc4n(n3)CC(=O)NCC4)ncc2c(N)n1. The van der Waals surface area contributed by atoms with Gasteiger partial charge in [-0.2, -0.15) is 20.4 Å². The highest BCUT2D eigenvalue weighted by atomic mass is 16.5. The molecule has 146 heavy (non-hydrogen) atoms. The maximum Gasteiger partial charge on any atom is 0.244 e. The Bertz CT molecular complexity index is 7600. The zero-order chi connectivity index (χ0) is 102. The number of anilines is 15. The number of carbonyl (C=O) groups excluding carboxylic acids is 4. The normalized spacial score (nSPS) is 15.0. The molecule has 41 nitrogen and oxygen atoms in total. The molecule has 0 unspecified atom stereocenters. The summed E-state index contributed by atoms with van der Waals surface area (Å²) in [5.74, 6) is 6.77. The smallest absolute Gasteiger partial charge is 0.244 e. The molecule has 4 amide bonds. The summed E-state index contributed by atoms with van der Waals surface area (Å²) < 4.78 is 22.7. The number of hydrogen-bond donors (Lipinski definition) is 12. The summed E-state index contributed by atoms with van der Waals surface area (Å²) in [5.41, 5.74) is 58.1. The van der Waals surface area contributed by atoms with Crippen molar-refractivity contribution >= 4 is 165 Å². The van der Waals surface area contributed by atoms with E-state index in [4.69, 9.17) is 53.6 Å². The molecule has 6 aliphatic rings. The van der Waals surface area contributed by atoms with E-state index < -0.39 is 0 Å². The van der Waals surface area contributed by atoms with Crippen LogP contribution in [-0.2, 0) is 91.7 Å². The Labute approximate surface area is 840 Å². The molecule has 0 radical (unpaired) electrons. The van der Waals surface area contributed by atoms with Gasteiger partial charge in [-0.15, -0.1) is 0 Å². The van der Waals surface area contributed by atoms with Crippen LogP contribution in [0.3, 0.4) is 0 Å². The third-order valence-electron chi connectivity index (χ3n) is 27.3. The third-order valence-corrected chi connectivity index (χ3v) is 27.3. The quantitative estimate of drug-likeness (QED) is 0.0280. The van der Waals surface area contributed by atoms with E-state index in [1.165, 1.54) is 0 Å². The number of pyridine rings is 10. The summed E-state index contributed by atoms with van der Waals surface area (Å²) in [6.45, 7) is 19.9. The molecular formula is C105H116N34O7. The predicted molar refractivity (Wildman–Crippen MR) is 568 cm³/mol. The van der Waals surface area contributed by atoms with Crippen LogP contribution in [0.15, 0.2) is 164 Å². The van der Waals surface area contributed by atoms with Gasteiger partial charge in [-0.1, -0.05) is 24.3 Å². The summed E-state index contributed by atoms with van der Waals surface area (Å²) in [7, 11) is 4.94. The van der Waals surface area contributed by atoms with Gasteiger partial charge in [0.2, 0.25) is 23.6 Å². The second-order valence-electron chi connectivity index (χ2n) is 37.2. The average molecular weight is 1970 g/mol. The number of hydrogen-bond acceptors (Lipinski definition) is 33. The Morgan fingerprint density at radius 3 is 1.14 bits per heavy atom. The van der Waals surface area contributed by atoms with Gasteiger partial charge in [0.15, 0.2) is 23.3 Å². The number of amides is 4. The molecule has 0 aliphatic carbocycles. The molecule has 0 spiro atoms. The van der Waals surface area contributed by atoms with Crippen LogP contribution in [0.25, 0.3) is 93.7 Å². The van der Waals surface area contributed by atoms with E-state index in [1.807, 2.05) is 190 Å². The number of aromatic nitrogens is 18. The van der Waals surface area contributed by atoms with Crippen LogP contribution in [0.1, 0.15) is 89.9 Å². The van der Waals surface area contributed by atoms with Gasteiger partial charge < -0.3 is 95.2 Å². The summed E-state index contributed by atoms with van der Waals surface area (Å²) in [6.07, 6.45) is 21.9. The number of nitrogens with zero attached hydrogens (tertiary/aromatic N) is 22. The first-order chi connectivity index (χ1) is 70.6. The van der Waals surface area contributed by atoms with Gasteiger partial charge in [0, 0.05) is 250 Å². The van der Waals surface area contributed by atoms with Gasteiger partial charge >= 0.3 is 0 Å². The first-order valence-electron chi connectivity index (χ1n) is 48.5. The number of carbonyl (C=O) groups is 4. The largest absolute Gasteiger partial charge is 0.398 e. The van der Waals surface area contributed by atoms with Gasteiger partial charge in [0.05, 0.1) is 72.1 Å². The number of methoxy groups -OCH3 is 3. The van der Waals surface area contributed by atoms with E-state index in [1.54, 1.807) is 64.8 Å². The second kappa shape index (κ2) is 42.1. The molecule has 748 valence electrons. The number of fused-ring (bicyclic) bond motifs is 9. The Morgan fingerprint density at radius 1 is 0.384 bits per heavy atom. The molecule has 2 aromatic carbocycles. The minimum atomic E-state index is -0.0386. The van der Waals surface area contributed by atoms with Crippen molar-refractivity contribution in [2.24, 2.45) is 4.99 Å². The third kappa shape index (κ3) is 20.9. The number of aliphatic imine (C=N–C) groups is 1. The van der Waals surface area contributed by atoms with Crippen molar-refractivity contribution in [1.82, 2.24) is 109 Å². The molecule has 14 aromatic heterocycles. The van der Waals surface area contributed by atoms with Crippen LogP contribution in [-0.4, -0.2) is 226 Å². The lowest BCUT2D eigenvalue weighted by atomic mass is 9.96. The molecule has 18 N–H and O–H groups in total. The number of benzene rings is 2. The summed E-state index contributed by atoms with van der Waals surface area (Å²) in [5, 5.41) is 44.5. The van der Waals surface area contributed by atoms with Crippen molar-refractivity contribution in [2.45, 2.75) is 138 Å². The van der Waals surface area contributed by atoms with Gasteiger partial charge in [0.1, 0.15) is 72.7 Å². The van der Waals surface area contributed by atoms with Crippen molar-refractivity contribution < 1.29 is 33.4 Å². The summed E-state index contributed by atoms with van der Waals surface area (Å²) in [6, 6.07) is 35.1. The lowest BCUT2D eigenvalue weighted by Gasteiger charge is -2.27. The van der Waals surface area contributed by atoms with Crippen molar-refractivity contribution in [3.63, 3.8) is 0 Å². The van der Waals surface area contributed by atoms with E-state index in [0.717, 1.165) is 188 Å². The first kappa shape index (κ1) is 97.6. The van der Waals surface area contributed by atoms with E-state index >= 15 is 0 Å². The number of rotatable bonds is 22. The molecule has 0 saturated carbocycles. The Hall–Kier alpha value is -17.2. The zero-order valence-electron chi connectivity index (χ0n) is 82.9. The minimum absolute atomic E-state index is 0.0226. The lowest BCUT2D eigenvalue weighted by molar-refractivity contribution is -0.135. The molecule has 3 atom stereocenters. The minimum Gasteiger partial charge on any atom is -0.398 e. The topological polar surface area (TPSA) is 547 Å². The molecule has 6 aliphatic heterocycles. The van der Waals surface area contributed by atoms with Crippen LogP contribution in [0.4, 0.5) is 86.9 Å². The molecule has 41 heteroatoms. The fraction of sp³-hybridized carbons (Fsp3) is 0.305. The van der Waals surface area contributed by atoms with Gasteiger partial charge in [-0.25, -0.2) is 39.9 Å². The molecular weight excluding hydrogens is 1850 g/mol. The van der Waals surface area contributed by atoms with Crippen LogP contribution in [0.5, 0.6) is 0 Å². The molecule has 22 rings (SSSR count). The van der Waals surface area contributed by atoms with Crippen molar-refractivity contribution in [3.05, 3.63) is 215 Å². The van der Waals surface area contributed by atoms with E-state index in [9.17, 15) is 19.2 Å². The zero-order valence-corrected chi connectivity index (χ0v) is 82.9. The fourth-order valence-electron chi connectivity index (χ4n) is 19.4. The number of allylic oxidation sites excluding steroid dienone is 1. The number of aryl methyl sites for hydroxylation is 1. The Kier molecular flexibility index (Phi) is 28.2. The van der Waals surface area contributed by atoms with Gasteiger partial charge in [0.25, 0.3) is 0 Å². The summed E-state index contributed by atoms with van der Waals surface area (Å²) in [4.78, 5) is 106. The van der Waals surface area contributed by atoms with Crippen LogP contribution in [0, 0.1) is 27.7 Å². The van der Waals surface area contributed by atoms with Gasteiger partial charge in [-0.05, 0) is 171 Å². The molecule has 0 fully saturated rings. The number of nitrogens with two attached hydrogens (primary N) is 6. The number of ether oxygens (including phenoxy) is 3. The highest BCUT2D eigenvalue weighted by Crippen LogP contribution is 2.40. The van der Waals surface area contributed by atoms with E-state index in [2.05, 4.69) is 116 Å². The highest BCUT2D eigenvalue weighted by Gasteiger charge is 2.32. The molecule has 20 heterocycles. The molecule has 0 saturated heterocycles. The maximum atomic E-state index is 12.8. The molecule has 16 aromatic rings. The predicted octanol–water partition coefficient (Wildman–Crippen LogP) is 12.6. The second-order valence-corrected chi connectivity index (χ2v) is 37.2. The maximum absolute atomic E-state index is 12.8. The first-order valence-corrected chi connectivity index (χ1v) is 48.5. The van der Waals surface area contributed by atoms with E-state index in [-0.39, 0.29) is 67.9 Å². The number of nitrogen functional groups attached to an aromatic ring is 6. The van der Waals surface area contributed by atoms with Crippen molar-refractivity contribution in [2.75, 3.05) is 135 Å². The standard InChI is InChI=1S/C28H33N9O2.2C26H30N8O2.C25H23N9O/c1-16(15-39-3)36-8-6-19-11-25(35-37(19)14-26(36)38)34-24-10-18-9-23(33-28(29)21(18)13-32-24)20-12-31-22-5-4-7-30-27(22)17(20)2;2*1-15(14-36-3)33-8-7-18-11-24(32-34(18)13-25(33)35)31-23-10-17-9-22(30-26(28)20(17)12-29-23)19-5-4-6-21(27)16(19)2;1-14-18(15-2-4-27-9-15)10-28-11-19(14)21-6-16-7-22(30-12-20(16)25(26)31-21)32-23-8-17-3-5-29-24(35)13-34(17)33-23/h9-13,16,30H,4-8,14-15H2,1-3H3,(H2,29,33)(H,32,34,35);2*4-6,9-12,15H,7-8,13-14,27H2,1-3H3,(H2,28,30)(H,29,31,32);4,6-12H,2-3,5,13H2,1H3,(H2,26,31)(H,29,35)(H,30,32,33)/t16-;2*15-;/m010./s1. The molecule has 0 bridgehead atoms. The van der Waals surface area contributed by atoms with Crippen molar-refractivity contribution in [1.29, 1.82) is 0 Å². The monoisotopic (exact) mass is 1960 g/mol. The average Bonchev–Trinajstić information content (AvgIpc) is 1.39. The van der Waals surface area contributed by atoms with E-state index in [0.29, 0.717) is 146 Å². The lowest BCUT2D eigenvalue weighted by Crippen LogP contribution is -2.42. The summed E-state index contributed by atoms with van der Waals surface area (Å²) >= 11 is 0. The Balaban J connectivity index is 0.000000123. The van der Waals surface area contributed by atoms with Gasteiger partial charge in [-0.3, -0.25) is 52.9 Å². The highest BCUT2D eigenvalue weighted by molar-refractivity contribution is 6.00. The van der Waals surface area contributed by atoms with Crippen LogP contribution in [0.2, 0.25) is 0 Å². The fourth-order valence-corrected chi connectivity index (χ4v) is 19.4. The van der Waals surface area contributed by atoms with Crippen LogP contribution >= 0.6 is 0 Å². The Morgan fingerprint density at radius 2 is 0.753 bits per heavy atom. The number of nitrogens with one attached hydrogen (secondary N) is 6. The van der Waals surface area contributed by atoms with Crippen molar-refractivity contribution in [3.8, 4) is 45.0 Å². The van der Waals surface area contributed by atoms with Crippen LogP contribution < -0.4 is 66.3 Å².